The van der Waals surface area contributed by atoms with Crippen LogP contribution >= 0.6 is 0 Å². The number of nitrogens with zero attached hydrogens (tertiary/aromatic N) is 2. The molecule has 0 radical (unpaired) electrons. The van der Waals surface area contributed by atoms with Gasteiger partial charge in [-0.15, -0.1) is 0 Å². The van der Waals surface area contributed by atoms with Crippen molar-refractivity contribution >= 4 is 11.8 Å². The first-order valence-electron chi connectivity index (χ1n) is 6.06. The number of carbonyl (C=O) groups excluding carboxylic acids is 2. The maximum atomic E-state index is 11.8. The molecule has 0 aromatic heterocycles. The van der Waals surface area contributed by atoms with Crippen molar-refractivity contribution in [2.24, 2.45) is 5.84 Å². The lowest BCUT2D eigenvalue weighted by atomic mass is 10.2. The number of hydrogen-bond acceptors (Lipinski definition) is 4. The molecule has 1 saturated heterocycles. The zero-order valence-corrected chi connectivity index (χ0v) is 10.6. The summed E-state index contributed by atoms with van der Waals surface area (Å²) < 4.78 is 0. The normalized spacial score (nSPS) is 17.3. The van der Waals surface area contributed by atoms with Gasteiger partial charge in [0, 0.05) is 45.1 Å². The van der Waals surface area contributed by atoms with Gasteiger partial charge in [0.15, 0.2) is 0 Å². The second-order valence-electron chi connectivity index (χ2n) is 4.58. The van der Waals surface area contributed by atoms with Gasteiger partial charge in [-0.2, -0.15) is 0 Å². The Labute approximate surface area is 102 Å². The summed E-state index contributed by atoms with van der Waals surface area (Å²) in [4.78, 5) is 26.9. The monoisotopic (exact) mass is 242 g/mol. The summed E-state index contributed by atoms with van der Waals surface area (Å²) in [5.41, 5.74) is 2.03. The van der Waals surface area contributed by atoms with Crippen LogP contribution in [-0.4, -0.2) is 53.8 Å². The van der Waals surface area contributed by atoms with E-state index in [1.54, 1.807) is 0 Å². The number of carbonyl (C=O) groups is 2. The van der Waals surface area contributed by atoms with Crippen LogP contribution in [0.2, 0.25) is 0 Å². The summed E-state index contributed by atoms with van der Waals surface area (Å²) in [6, 6.07) is 0.523. The number of nitrogens with one attached hydrogen (secondary N) is 1. The molecule has 6 nitrogen and oxygen atoms in total. The molecule has 0 aromatic carbocycles. The van der Waals surface area contributed by atoms with Crippen molar-refractivity contribution in [1.29, 1.82) is 0 Å². The topological polar surface area (TPSA) is 78.7 Å². The fourth-order valence-corrected chi connectivity index (χ4v) is 1.94. The summed E-state index contributed by atoms with van der Waals surface area (Å²) in [7, 11) is 0. The molecule has 0 spiro atoms. The molecule has 1 aliphatic heterocycles. The molecule has 6 heteroatoms. The van der Waals surface area contributed by atoms with Crippen LogP contribution in [0.5, 0.6) is 0 Å². The van der Waals surface area contributed by atoms with Crippen LogP contribution in [0, 0.1) is 0 Å². The molecule has 0 atom stereocenters. The Kier molecular flexibility index (Phi) is 5.37. The lowest BCUT2D eigenvalue weighted by Gasteiger charge is -2.36. The Hall–Kier alpha value is -1.14. The largest absolute Gasteiger partial charge is 0.340 e. The van der Waals surface area contributed by atoms with E-state index in [2.05, 4.69) is 18.7 Å². The van der Waals surface area contributed by atoms with Gasteiger partial charge in [-0.05, 0) is 13.8 Å². The first-order valence-corrected chi connectivity index (χ1v) is 6.06. The Bertz CT molecular complexity index is 273. The third kappa shape index (κ3) is 4.32. The number of rotatable bonds is 4. The van der Waals surface area contributed by atoms with E-state index in [0.29, 0.717) is 6.04 Å². The molecular weight excluding hydrogens is 220 g/mol. The molecule has 3 N–H and O–H groups in total. The van der Waals surface area contributed by atoms with Gasteiger partial charge in [0.2, 0.25) is 11.8 Å². The number of nitrogens with two attached hydrogens (primary N) is 1. The van der Waals surface area contributed by atoms with E-state index in [-0.39, 0.29) is 24.7 Å². The van der Waals surface area contributed by atoms with Crippen LogP contribution < -0.4 is 11.3 Å². The van der Waals surface area contributed by atoms with E-state index in [1.807, 2.05) is 10.3 Å². The van der Waals surface area contributed by atoms with Gasteiger partial charge >= 0.3 is 0 Å². The number of hydrogen-bond donors (Lipinski definition) is 2. The molecule has 0 bridgehead atoms. The van der Waals surface area contributed by atoms with E-state index in [4.69, 9.17) is 5.84 Å². The van der Waals surface area contributed by atoms with Gasteiger partial charge in [0.1, 0.15) is 0 Å². The number of amides is 2. The van der Waals surface area contributed by atoms with E-state index in [9.17, 15) is 9.59 Å². The molecule has 1 rings (SSSR count). The van der Waals surface area contributed by atoms with E-state index in [1.165, 1.54) is 0 Å². The molecule has 0 saturated carbocycles. The number of piperazine rings is 1. The lowest BCUT2D eigenvalue weighted by molar-refractivity contribution is -0.135. The maximum absolute atomic E-state index is 11.8. The van der Waals surface area contributed by atoms with Gasteiger partial charge in [0.05, 0.1) is 0 Å². The van der Waals surface area contributed by atoms with Crippen molar-refractivity contribution < 1.29 is 9.59 Å². The molecule has 0 unspecified atom stereocenters. The average Bonchev–Trinajstić information content (AvgIpc) is 2.35. The quantitative estimate of drug-likeness (QED) is 0.388. The van der Waals surface area contributed by atoms with Crippen LogP contribution in [0.4, 0.5) is 0 Å². The van der Waals surface area contributed by atoms with Crippen LogP contribution in [0.15, 0.2) is 0 Å². The molecule has 1 aliphatic rings. The average molecular weight is 242 g/mol. The first kappa shape index (κ1) is 13.9. The fraction of sp³-hybridized carbons (Fsp3) is 0.818. The fourth-order valence-electron chi connectivity index (χ4n) is 1.94. The van der Waals surface area contributed by atoms with Crippen molar-refractivity contribution in [2.75, 3.05) is 26.2 Å². The van der Waals surface area contributed by atoms with Gasteiger partial charge in [-0.25, -0.2) is 5.84 Å². The third-order valence-corrected chi connectivity index (χ3v) is 3.12. The summed E-state index contributed by atoms with van der Waals surface area (Å²) in [6.45, 7) is 7.63. The standard InChI is InChI=1S/C11H22N4O2/c1-9(2)14-5-7-15(8-6-14)11(17)4-3-10(16)13-12/h9H,3-8,12H2,1-2H3,(H,13,16). The highest BCUT2D eigenvalue weighted by Crippen LogP contribution is 2.07. The van der Waals surface area contributed by atoms with Gasteiger partial charge < -0.3 is 4.90 Å². The van der Waals surface area contributed by atoms with Crippen molar-refractivity contribution in [1.82, 2.24) is 15.2 Å². The van der Waals surface area contributed by atoms with Crippen LogP contribution in [0.3, 0.4) is 0 Å². The Morgan fingerprint density at radius 3 is 2.24 bits per heavy atom. The highest BCUT2D eigenvalue weighted by molar-refractivity contribution is 5.83. The third-order valence-electron chi connectivity index (χ3n) is 3.12. The molecule has 0 aromatic rings. The van der Waals surface area contributed by atoms with Crippen LogP contribution in [0.1, 0.15) is 26.7 Å². The van der Waals surface area contributed by atoms with Crippen molar-refractivity contribution in [3.63, 3.8) is 0 Å². The predicted molar refractivity (Wildman–Crippen MR) is 64.9 cm³/mol. The highest BCUT2D eigenvalue weighted by atomic mass is 16.2. The van der Waals surface area contributed by atoms with Crippen molar-refractivity contribution in [3.8, 4) is 0 Å². The van der Waals surface area contributed by atoms with E-state index < -0.39 is 0 Å². The molecule has 2 amide bonds. The lowest BCUT2D eigenvalue weighted by Crippen LogP contribution is -2.50. The van der Waals surface area contributed by atoms with Crippen molar-refractivity contribution in [3.05, 3.63) is 0 Å². The molecule has 1 heterocycles. The Morgan fingerprint density at radius 1 is 1.18 bits per heavy atom. The molecular formula is C11H22N4O2. The SMILES string of the molecule is CC(C)N1CCN(C(=O)CCC(=O)NN)CC1. The molecule has 98 valence electrons. The maximum Gasteiger partial charge on any atom is 0.234 e. The van der Waals surface area contributed by atoms with Gasteiger partial charge in [-0.1, -0.05) is 0 Å². The van der Waals surface area contributed by atoms with Crippen LogP contribution in [-0.2, 0) is 9.59 Å². The number of hydrazine groups is 1. The first-order chi connectivity index (χ1) is 8.04. The molecule has 1 fully saturated rings. The minimum Gasteiger partial charge on any atom is -0.340 e. The molecule has 0 aliphatic carbocycles. The summed E-state index contributed by atoms with van der Waals surface area (Å²) in [5.74, 6) is 4.70. The second kappa shape index (κ2) is 6.56. The molecule has 17 heavy (non-hydrogen) atoms. The van der Waals surface area contributed by atoms with Crippen molar-refractivity contribution in [2.45, 2.75) is 32.7 Å². The highest BCUT2D eigenvalue weighted by Gasteiger charge is 2.22. The Morgan fingerprint density at radius 2 is 1.76 bits per heavy atom. The van der Waals surface area contributed by atoms with E-state index >= 15 is 0 Å². The summed E-state index contributed by atoms with van der Waals surface area (Å²) in [5, 5.41) is 0. The minimum absolute atomic E-state index is 0.0389. The summed E-state index contributed by atoms with van der Waals surface area (Å²) in [6.07, 6.45) is 0.407. The second-order valence-corrected chi connectivity index (χ2v) is 4.58. The predicted octanol–water partition coefficient (Wildman–Crippen LogP) is -0.691. The zero-order valence-electron chi connectivity index (χ0n) is 10.6. The van der Waals surface area contributed by atoms with Crippen LogP contribution in [0.25, 0.3) is 0 Å². The minimum atomic E-state index is -0.292. The van der Waals surface area contributed by atoms with Gasteiger partial charge in [-0.3, -0.25) is 19.9 Å². The smallest absolute Gasteiger partial charge is 0.234 e. The summed E-state index contributed by atoms with van der Waals surface area (Å²) >= 11 is 0. The van der Waals surface area contributed by atoms with E-state index in [0.717, 1.165) is 26.2 Å². The van der Waals surface area contributed by atoms with Gasteiger partial charge in [0.25, 0.3) is 0 Å². The Balaban J connectivity index is 2.28. The zero-order chi connectivity index (χ0) is 12.8.